The van der Waals surface area contributed by atoms with Gasteiger partial charge in [0.25, 0.3) is 0 Å². The number of nitrogens with zero attached hydrogens (tertiary/aromatic N) is 2. The van der Waals surface area contributed by atoms with Crippen molar-refractivity contribution in [1.29, 1.82) is 0 Å². The van der Waals surface area contributed by atoms with Crippen molar-refractivity contribution in [3.05, 3.63) is 35.3 Å². The van der Waals surface area contributed by atoms with E-state index in [0.29, 0.717) is 5.76 Å². The molecule has 23 heavy (non-hydrogen) atoms. The first-order valence-corrected chi connectivity index (χ1v) is 7.81. The normalized spacial score (nSPS) is 15.7. The maximum absolute atomic E-state index is 13.1. The van der Waals surface area contributed by atoms with Gasteiger partial charge in [0.1, 0.15) is 18.1 Å². The lowest BCUT2D eigenvalue weighted by Crippen LogP contribution is -2.10. The van der Waals surface area contributed by atoms with E-state index >= 15 is 0 Å². The van der Waals surface area contributed by atoms with Crippen LogP contribution in [-0.2, 0) is 21.9 Å². The molecule has 1 unspecified atom stereocenters. The number of halogens is 3. The molecule has 0 aromatic carbocycles. The Morgan fingerprint density at radius 3 is 2.78 bits per heavy atom. The molecule has 1 saturated carbocycles. The lowest BCUT2D eigenvalue weighted by Gasteiger charge is -2.10. The molecule has 2 heterocycles. The number of pyridine rings is 1. The van der Waals surface area contributed by atoms with E-state index in [1.165, 1.54) is 12.1 Å². The second kappa shape index (κ2) is 5.99. The largest absolute Gasteiger partial charge is 0.695 e. The molecule has 0 saturated heterocycles. The fraction of sp³-hybridized carbons (Fsp3) is 0.385. The summed E-state index contributed by atoms with van der Waals surface area (Å²) in [4.78, 5) is 12.2. The molecule has 1 N–H and O–H groups in total. The smallest absolute Gasteiger partial charge is 0.360 e. The summed E-state index contributed by atoms with van der Waals surface area (Å²) < 4.78 is 59.9. The van der Waals surface area contributed by atoms with Crippen molar-refractivity contribution < 1.29 is 31.7 Å². The molecule has 1 atom stereocenters. The van der Waals surface area contributed by atoms with Crippen molar-refractivity contribution in [2.45, 2.75) is 31.5 Å². The molecule has 122 valence electrons. The minimum Gasteiger partial charge on any atom is -0.360 e. The minimum atomic E-state index is -4.66. The van der Waals surface area contributed by atoms with Crippen LogP contribution in [0.25, 0.3) is 11.3 Å². The molecule has 0 bridgehead atoms. The molecule has 2 aromatic heterocycles. The number of aromatic nitrogens is 2. The summed E-state index contributed by atoms with van der Waals surface area (Å²) in [5.41, 5.74) is -1.15. The molecule has 0 amide bonds. The Balaban J connectivity index is 2.08. The number of hydrogen-bond donors (Lipinski definition) is 1. The molecule has 1 aliphatic carbocycles. The van der Waals surface area contributed by atoms with Crippen LogP contribution >= 0.6 is 8.25 Å². The molecule has 0 radical (unpaired) electrons. The van der Waals surface area contributed by atoms with Crippen LogP contribution in [0.3, 0.4) is 0 Å². The Kier molecular flexibility index (Phi) is 4.18. The SMILES string of the molecule is O=[P+](O)OCc1c(-c2cccnc2C(F)(F)F)noc1C1CC1. The third-order valence-corrected chi connectivity index (χ3v) is 3.77. The van der Waals surface area contributed by atoms with Gasteiger partial charge in [-0.1, -0.05) is 5.16 Å². The molecule has 0 spiro atoms. The zero-order valence-electron chi connectivity index (χ0n) is 11.6. The van der Waals surface area contributed by atoms with Gasteiger partial charge in [0.05, 0.1) is 5.56 Å². The molecule has 2 aromatic rings. The molecule has 0 aliphatic heterocycles. The van der Waals surface area contributed by atoms with Crippen LogP contribution in [0.1, 0.15) is 35.8 Å². The second-order valence-corrected chi connectivity index (χ2v) is 5.79. The highest BCUT2D eigenvalue weighted by Gasteiger charge is 2.39. The van der Waals surface area contributed by atoms with Crippen molar-refractivity contribution in [2.24, 2.45) is 0 Å². The monoisotopic (exact) mass is 347 g/mol. The van der Waals surface area contributed by atoms with Gasteiger partial charge in [0.15, 0.2) is 5.69 Å². The van der Waals surface area contributed by atoms with Crippen LogP contribution in [0.2, 0.25) is 0 Å². The van der Waals surface area contributed by atoms with Gasteiger partial charge in [-0.15, -0.1) is 9.42 Å². The zero-order chi connectivity index (χ0) is 16.6. The van der Waals surface area contributed by atoms with E-state index in [2.05, 4.69) is 14.7 Å². The Labute approximate surface area is 129 Å². The van der Waals surface area contributed by atoms with Crippen molar-refractivity contribution >= 4 is 8.25 Å². The first-order valence-electron chi connectivity index (χ1n) is 6.68. The second-order valence-electron chi connectivity index (χ2n) is 5.06. The highest BCUT2D eigenvalue weighted by Crippen LogP contribution is 2.45. The van der Waals surface area contributed by atoms with Gasteiger partial charge < -0.3 is 4.52 Å². The molecular weight excluding hydrogens is 336 g/mol. The lowest BCUT2D eigenvalue weighted by atomic mass is 10.0. The summed E-state index contributed by atoms with van der Waals surface area (Å²) in [5.74, 6) is 0.450. The quantitative estimate of drug-likeness (QED) is 0.828. The fourth-order valence-electron chi connectivity index (χ4n) is 2.28. The summed E-state index contributed by atoms with van der Waals surface area (Å²) in [7, 11) is -2.89. The van der Waals surface area contributed by atoms with Crippen LogP contribution in [0.4, 0.5) is 13.2 Å². The van der Waals surface area contributed by atoms with Gasteiger partial charge in [-0.2, -0.15) is 13.2 Å². The van der Waals surface area contributed by atoms with Crippen molar-refractivity contribution in [3.63, 3.8) is 0 Å². The van der Waals surface area contributed by atoms with E-state index in [0.717, 1.165) is 19.0 Å². The summed E-state index contributed by atoms with van der Waals surface area (Å²) >= 11 is 0. The van der Waals surface area contributed by atoms with E-state index in [1.54, 1.807) is 0 Å². The van der Waals surface area contributed by atoms with Gasteiger partial charge in [-0.25, -0.2) is 0 Å². The Hall–Kier alpha value is -1.83. The molecule has 10 heteroatoms. The topological polar surface area (TPSA) is 85.5 Å². The third kappa shape index (κ3) is 3.41. The molecule has 3 rings (SSSR count). The molecule has 6 nitrogen and oxygen atoms in total. The van der Waals surface area contributed by atoms with Crippen molar-refractivity contribution in [3.8, 4) is 11.3 Å². The summed E-state index contributed by atoms with van der Waals surface area (Å²) in [6.45, 7) is -0.359. The van der Waals surface area contributed by atoms with Gasteiger partial charge in [0.2, 0.25) is 0 Å². The van der Waals surface area contributed by atoms with Crippen LogP contribution in [0.5, 0.6) is 0 Å². The van der Waals surface area contributed by atoms with Crippen molar-refractivity contribution in [1.82, 2.24) is 10.1 Å². The Morgan fingerprint density at radius 2 is 2.17 bits per heavy atom. The first-order chi connectivity index (χ1) is 10.9. The van der Waals surface area contributed by atoms with E-state index in [9.17, 15) is 17.7 Å². The third-order valence-electron chi connectivity index (χ3n) is 3.42. The molecule has 1 aliphatic rings. The maximum atomic E-state index is 13.1. The first kappa shape index (κ1) is 16.0. The molecular formula is C13H11F3N2O4P+. The van der Waals surface area contributed by atoms with Crippen LogP contribution in [0.15, 0.2) is 22.9 Å². The van der Waals surface area contributed by atoms with E-state index in [4.69, 9.17) is 9.42 Å². The zero-order valence-corrected chi connectivity index (χ0v) is 12.5. The van der Waals surface area contributed by atoms with E-state index in [1.807, 2.05) is 0 Å². The highest BCUT2D eigenvalue weighted by atomic mass is 31.1. The number of rotatable bonds is 5. The summed E-state index contributed by atoms with van der Waals surface area (Å²) in [6.07, 6.45) is -1.97. The van der Waals surface area contributed by atoms with Gasteiger partial charge in [-0.3, -0.25) is 4.98 Å². The maximum Gasteiger partial charge on any atom is 0.695 e. The number of hydrogen-bond acceptors (Lipinski definition) is 5. The summed E-state index contributed by atoms with van der Waals surface area (Å²) in [6, 6.07) is 2.58. The van der Waals surface area contributed by atoms with Gasteiger partial charge in [-0.05, 0) is 25.0 Å². The predicted molar refractivity (Wildman–Crippen MR) is 71.3 cm³/mol. The molecule has 1 fully saturated rings. The lowest BCUT2D eigenvalue weighted by molar-refractivity contribution is -0.140. The van der Waals surface area contributed by atoms with Crippen molar-refractivity contribution in [2.75, 3.05) is 0 Å². The van der Waals surface area contributed by atoms with Gasteiger partial charge in [0, 0.05) is 22.2 Å². The Bertz CT molecular complexity index is 743. The minimum absolute atomic E-state index is 0.0532. The standard InChI is InChI=1S/C13H10F3N2O4P/c14-13(15,16)12-8(2-1-5-17-12)10-9(6-21-23(19)20)11(22-18-10)7-3-4-7/h1-2,5,7H,3-4,6H2/p+1. The summed E-state index contributed by atoms with van der Waals surface area (Å²) in [5, 5.41) is 3.73. The average Bonchev–Trinajstić information content (AvgIpc) is 3.24. The van der Waals surface area contributed by atoms with Gasteiger partial charge >= 0.3 is 14.4 Å². The Morgan fingerprint density at radius 1 is 1.43 bits per heavy atom. The number of alkyl halides is 3. The van der Waals surface area contributed by atoms with Crippen LogP contribution in [0, 0.1) is 0 Å². The fourth-order valence-corrected chi connectivity index (χ4v) is 2.52. The highest BCUT2D eigenvalue weighted by molar-refractivity contribution is 7.32. The predicted octanol–water partition coefficient (Wildman–Crippen LogP) is 3.80. The van der Waals surface area contributed by atoms with E-state index < -0.39 is 20.1 Å². The van der Waals surface area contributed by atoms with E-state index in [-0.39, 0.29) is 29.3 Å². The average molecular weight is 347 g/mol. The van der Waals surface area contributed by atoms with Crippen LogP contribution < -0.4 is 0 Å². The van der Waals surface area contributed by atoms with Crippen LogP contribution in [-0.4, -0.2) is 15.0 Å².